The van der Waals surface area contributed by atoms with Gasteiger partial charge in [-0.1, -0.05) is 12.1 Å². The molecule has 0 saturated carbocycles. The van der Waals surface area contributed by atoms with Crippen LogP contribution in [0.5, 0.6) is 0 Å². The van der Waals surface area contributed by atoms with Crippen LogP contribution in [-0.4, -0.2) is 22.8 Å². The normalized spacial score (nSPS) is 10.4. The highest BCUT2D eigenvalue weighted by Crippen LogP contribution is 2.13. The van der Waals surface area contributed by atoms with E-state index in [1.54, 1.807) is 6.07 Å². The van der Waals surface area contributed by atoms with Crippen LogP contribution in [-0.2, 0) is 13.1 Å². The third-order valence-electron chi connectivity index (χ3n) is 2.82. The Morgan fingerprint density at radius 2 is 2.33 bits per heavy atom. The van der Waals surface area contributed by atoms with E-state index < -0.39 is 0 Å². The van der Waals surface area contributed by atoms with Crippen LogP contribution in [0.15, 0.2) is 29.6 Å². The number of nitrogen functional groups attached to an aromatic ring is 1. The molecule has 21 heavy (non-hydrogen) atoms. The van der Waals surface area contributed by atoms with Crippen molar-refractivity contribution >= 4 is 17.2 Å². The summed E-state index contributed by atoms with van der Waals surface area (Å²) < 4.78 is 0. The minimum Gasteiger partial charge on any atom is -0.296 e. The van der Waals surface area contributed by atoms with Crippen molar-refractivity contribution in [2.24, 2.45) is 5.84 Å². The van der Waals surface area contributed by atoms with Gasteiger partial charge in [-0.05, 0) is 24.7 Å². The number of aromatic nitrogens is 1. The van der Waals surface area contributed by atoms with Crippen molar-refractivity contribution < 1.29 is 4.79 Å². The van der Waals surface area contributed by atoms with Gasteiger partial charge in [-0.25, -0.2) is 10.8 Å². The molecule has 6 nitrogen and oxygen atoms in total. The zero-order valence-corrected chi connectivity index (χ0v) is 12.4. The summed E-state index contributed by atoms with van der Waals surface area (Å²) in [5.74, 6) is 4.70. The van der Waals surface area contributed by atoms with Crippen molar-refractivity contribution in [1.29, 1.82) is 5.26 Å². The molecule has 108 valence electrons. The van der Waals surface area contributed by atoms with E-state index in [2.05, 4.69) is 21.4 Å². The van der Waals surface area contributed by atoms with E-state index in [1.165, 1.54) is 11.3 Å². The predicted octanol–water partition coefficient (Wildman–Crippen LogP) is 1.25. The summed E-state index contributed by atoms with van der Waals surface area (Å²) in [6.45, 7) is 1.32. The molecule has 0 aliphatic carbocycles. The average molecular weight is 301 g/mol. The first-order valence-electron chi connectivity index (χ1n) is 6.25. The molecule has 7 heteroatoms. The molecule has 0 saturated heterocycles. The summed E-state index contributed by atoms with van der Waals surface area (Å²) in [6, 6.07) is 9.62. The average Bonchev–Trinajstić information content (AvgIpc) is 2.94. The summed E-state index contributed by atoms with van der Waals surface area (Å²) in [7, 11) is 1.96. The Balaban J connectivity index is 1.98. The smallest absolute Gasteiger partial charge is 0.294 e. The van der Waals surface area contributed by atoms with Gasteiger partial charge in [-0.3, -0.25) is 15.1 Å². The topological polar surface area (TPSA) is 95.0 Å². The van der Waals surface area contributed by atoms with Crippen LogP contribution < -0.4 is 11.3 Å². The highest BCUT2D eigenvalue weighted by molar-refractivity contribution is 7.11. The second-order valence-electron chi connectivity index (χ2n) is 4.60. The fraction of sp³-hybridized carbons (Fsp3) is 0.214. The highest BCUT2D eigenvalue weighted by atomic mass is 32.1. The van der Waals surface area contributed by atoms with Gasteiger partial charge in [0.2, 0.25) is 0 Å². The minimum atomic E-state index is -0.379. The number of hydrogen-bond donors (Lipinski definition) is 2. The SMILES string of the molecule is CN(Cc1cccc(C#N)c1)Cc1csc(C(=O)NN)n1. The highest BCUT2D eigenvalue weighted by Gasteiger charge is 2.11. The number of rotatable bonds is 5. The van der Waals surface area contributed by atoms with Crippen LogP contribution in [0.3, 0.4) is 0 Å². The molecule has 1 aromatic carbocycles. The number of nitrogens with one attached hydrogen (secondary N) is 1. The second-order valence-corrected chi connectivity index (χ2v) is 5.46. The Hall–Kier alpha value is -2.27. The Morgan fingerprint density at radius 1 is 1.52 bits per heavy atom. The summed E-state index contributed by atoms with van der Waals surface area (Å²) in [5.41, 5.74) is 4.59. The zero-order valence-electron chi connectivity index (χ0n) is 11.5. The van der Waals surface area contributed by atoms with Gasteiger partial charge in [-0.2, -0.15) is 5.26 Å². The molecule has 0 fully saturated rings. The van der Waals surface area contributed by atoms with E-state index in [0.29, 0.717) is 23.7 Å². The lowest BCUT2D eigenvalue weighted by molar-refractivity contribution is 0.0953. The van der Waals surface area contributed by atoms with Gasteiger partial charge in [-0.15, -0.1) is 11.3 Å². The first-order valence-corrected chi connectivity index (χ1v) is 7.13. The molecule has 0 aliphatic heterocycles. The number of thiazole rings is 1. The summed E-state index contributed by atoms with van der Waals surface area (Å²) in [6.07, 6.45) is 0. The lowest BCUT2D eigenvalue weighted by atomic mass is 10.1. The number of hydrogen-bond acceptors (Lipinski definition) is 6. The van der Waals surface area contributed by atoms with E-state index >= 15 is 0 Å². The molecule has 1 amide bonds. The molecule has 1 aromatic heterocycles. The van der Waals surface area contributed by atoms with E-state index in [9.17, 15) is 4.79 Å². The number of amides is 1. The van der Waals surface area contributed by atoms with E-state index in [0.717, 1.165) is 11.3 Å². The molecule has 0 aliphatic rings. The van der Waals surface area contributed by atoms with Crippen LogP contribution in [0.1, 0.15) is 26.6 Å². The van der Waals surface area contributed by atoms with Gasteiger partial charge < -0.3 is 0 Å². The van der Waals surface area contributed by atoms with Crippen LogP contribution in [0, 0.1) is 11.3 Å². The van der Waals surface area contributed by atoms with Gasteiger partial charge in [0.15, 0.2) is 5.01 Å². The Labute approximate surface area is 126 Å². The quantitative estimate of drug-likeness (QED) is 0.492. The molecule has 0 unspecified atom stereocenters. The number of carbonyl (C=O) groups is 1. The summed E-state index contributed by atoms with van der Waals surface area (Å²) in [5, 5.41) is 11.1. The Kier molecular flexibility index (Phi) is 5.00. The van der Waals surface area contributed by atoms with Gasteiger partial charge in [0.1, 0.15) is 0 Å². The van der Waals surface area contributed by atoms with Gasteiger partial charge >= 0.3 is 0 Å². The Bertz CT molecular complexity index is 676. The fourth-order valence-electron chi connectivity index (χ4n) is 1.93. The van der Waals surface area contributed by atoms with Crippen molar-refractivity contribution in [3.8, 4) is 6.07 Å². The monoisotopic (exact) mass is 301 g/mol. The molecule has 1 heterocycles. The van der Waals surface area contributed by atoms with Crippen molar-refractivity contribution in [1.82, 2.24) is 15.3 Å². The van der Waals surface area contributed by atoms with Crippen molar-refractivity contribution in [3.63, 3.8) is 0 Å². The maximum atomic E-state index is 11.3. The lowest BCUT2D eigenvalue weighted by Crippen LogP contribution is -2.29. The lowest BCUT2D eigenvalue weighted by Gasteiger charge is -2.15. The second kappa shape index (κ2) is 6.95. The van der Waals surface area contributed by atoms with E-state index in [1.807, 2.05) is 30.6 Å². The number of nitriles is 1. The predicted molar refractivity (Wildman–Crippen MR) is 80.1 cm³/mol. The molecular weight excluding hydrogens is 286 g/mol. The van der Waals surface area contributed by atoms with E-state index in [-0.39, 0.29) is 5.91 Å². The number of nitrogens with two attached hydrogens (primary N) is 1. The minimum absolute atomic E-state index is 0.354. The fourth-order valence-corrected chi connectivity index (χ4v) is 2.64. The number of carbonyl (C=O) groups excluding carboxylic acids is 1. The van der Waals surface area contributed by atoms with Crippen LogP contribution in [0.25, 0.3) is 0 Å². The first kappa shape index (κ1) is 15.1. The maximum Gasteiger partial charge on any atom is 0.294 e. The van der Waals surface area contributed by atoms with Crippen molar-refractivity contribution in [2.75, 3.05) is 7.05 Å². The molecule has 0 bridgehead atoms. The van der Waals surface area contributed by atoms with Crippen LogP contribution >= 0.6 is 11.3 Å². The summed E-state index contributed by atoms with van der Waals surface area (Å²) >= 11 is 1.26. The molecule has 0 radical (unpaired) electrons. The van der Waals surface area contributed by atoms with Crippen molar-refractivity contribution in [2.45, 2.75) is 13.1 Å². The first-order chi connectivity index (χ1) is 10.1. The van der Waals surface area contributed by atoms with Gasteiger partial charge in [0, 0.05) is 18.5 Å². The van der Waals surface area contributed by atoms with Gasteiger partial charge in [0.05, 0.1) is 17.3 Å². The summed E-state index contributed by atoms with van der Waals surface area (Å²) in [4.78, 5) is 17.6. The standard InChI is InChI=1S/C14H15N5OS/c1-19(7-11-4-2-3-10(5-11)6-15)8-12-9-21-14(17-12)13(20)18-16/h2-5,9H,7-8,16H2,1H3,(H,18,20). The van der Waals surface area contributed by atoms with Crippen molar-refractivity contribution in [3.05, 3.63) is 51.5 Å². The zero-order chi connectivity index (χ0) is 15.2. The Morgan fingerprint density at radius 3 is 3.05 bits per heavy atom. The molecule has 0 atom stereocenters. The molecule has 2 rings (SSSR count). The number of hydrazine groups is 1. The molecule has 2 aromatic rings. The maximum absolute atomic E-state index is 11.3. The third kappa shape index (κ3) is 4.10. The van der Waals surface area contributed by atoms with Gasteiger partial charge in [0.25, 0.3) is 5.91 Å². The molecule has 3 N–H and O–H groups in total. The molecular formula is C14H15N5OS. The van der Waals surface area contributed by atoms with Crippen LogP contribution in [0.4, 0.5) is 0 Å². The van der Waals surface area contributed by atoms with Crippen LogP contribution in [0.2, 0.25) is 0 Å². The number of benzene rings is 1. The molecule has 0 spiro atoms. The third-order valence-corrected chi connectivity index (χ3v) is 3.71. The van der Waals surface area contributed by atoms with E-state index in [4.69, 9.17) is 11.1 Å². The number of nitrogens with zero attached hydrogens (tertiary/aromatic N) is 3. The largest absolute Gasteiger partial charge is 0.296 e.